The molecule has 0 aliphatic rings. The fourth-order valence-electron chi connectivity index (χ4n) is 2.44. The molecule has 0 aliphatic carbocycles. The number of aromatic nitrogens is 4. The van der Waals surface area contributed by atoms with E-state index < -0.39 is 0 Å². The summed E-state index contributed by atoms with van der Waals surface area (Å²) in [6, 6.07) is 12.2. The Balaban J connectivity index is 1.66. The number of hydrogen-bond acceptors (Lipinski definition) is 3. The topological polar surface area (TPSA) is 58.0 Å². The molecule has 4 rings (SSSR count). The Hall–Kier alpha value is -2.82. The van der Waals surface area contributed by atoms with E-state index in [1.165, 1.54) is 5.56 Å². The summed E-state index contributed by atoms with van der Waals surface area (Å²) in [6.45, 7) is 0.734. The summed E-state index contributed by atoms with van der Waals surface area (Å²) in [5.41, 5.74) is 4.41. The summed E-state index contributed by atoms with van der Waals surface area (Å²) in [7, 11) is 0. The first-order valence-electron chi connectivity index (χ1n) is 6.49. The number of aromatic amines is 1. The highest BCUT2D eigenvalue weighted by molar-refractivity contribution is 5.90. The fourth-order valence-corrected chi connectivity index (χ4v) is 2.44. The Bertz CT molecular complexity index is 874. The van der Waals surface area contributed by atoms with Crippen molar-refractivity contribution in [3.63, 3.8) is 0 Å². The molecule has 4 aromatic rings. The standard InChI is InChI=1S/C15H13N5/c1-2-7-20-15(6-1)11(9-18-20)8-16-13-4-3-5-14-12(13)10-17-19-14/h1-7,9-10,16H,8H2,(H,17,19). The average Bonchev–Trinajstić information content (AvgIpc) is 3.12. The number of anilines is 1. The van der Waals surface area contributed by atoms with Gasteiger partial charge in [0.1, 0.15) is 0 Å². The summed E-state index contributed by atoms with van der Waals surface area (Å²) >= 11 is 0. The zero-order chi connectivity index (χ0) is 13.4. The molecular formula is C15H13N5. The second kappa shape index (κ2) is 4.38. The van der Waals surface area contributed by atoms with Gasteiger partial charge in [-0.1, -0.05) is 12.1 Å². The first kappa shape index (κ1) is 11.0. The average molecular weight is 263 g/mol. The van der Waals surface area contributed by atoms with Gasteiger partial charge in [-0.3, -0.25) is 5.10 Å². The number of hydrogen-bond donors (Lipinski definition) is 2. The van der Waals surface area contributed by atoms with Gasteiger partial charge in [-0.15, -0.1) is 0 Å². The molecule has 5 nitrogen and oxygen atoms in total. The highest BCUT2D eigenvalue weighted by Crippen LogP contribution is 2.22. The van der Waals surface area contributed by atoms with Crippen LogP contribution in [0, 0.1) is 0 Å². The van der Waals surface area contributed by atoms with Crippen molar-refractivity contribution in [3.8, 4) is 0 Å². The van der Waals surface area contributed by atoms with Crippen LogP contribution in [-0.2, 0) is 6.54 Å². The highest BCUT2D eigenvalue weighted by Gasteiger charge is 2.05. The predicted molar refractivity (Wildman–Crippen MR) is 78.6 cm³/mol. The number of pyridine rings is 1. The van der Waals surface area contributed by atoms with Crippen LogP contribution in [0.25, 0.3) is 16.4 Å². The maximum absolute atomic E-state index is 4.34. The van der Waals surface area contributed by atoms with Gasteiger partial charge in [-0.05, 0) is 24.3 Å². The van der Waals surface area contributed by atoms with Crippen molar-refractivity contribution in [2.24, 2.45) is 0 Å². The van der Waals surface area contributed by atoms with E-state index in [1.807, 2.05) is 47.4 Å². The lowest BCUT2D eigenvalue weighted by molar-refractivity contribution is 0.961. The van der Waals surface area contributed by atoms with Crippen LogP contribution in [-0.4, -0.2) is 19.8 Å². The Morgan fingerprint density at radius 2 is 2.10 bits per heavy atom. The molecule has 2 N–H and O–H groups in total. The van der Waals surface area contributed by atoms with E-state index in [2.05, 4.69) is 32.7 Å². The van der Waals surface area contributed by atoms with E-state index in [-0.39, 0.29) is 0 Å². The predicted octanol–water partition coefficient (Wildman–Crippen LogP) is 2.82. The summed E-state index contributed by atoms with van der Waals surface area (Å²) in [4.78, 5) is 0. The number of benzene rings is 1. The molecule has 0 spiro atoms. The van der Waals surface area contributed by atoms with Gasteiger partial charge >= 0.3 is 0 Å². The van der Waals surface area contributed by atoms with E-state index in [4.69, 9.17) is 0 Å². The minimum atomic E-state index is 0.734. The van der Waals surface area contributed by atoms with Crippen LogP contribution in [0.2, 0.25) is 0 Å². The Morgan fingerprint density at radius 1 is 1.10 bits per heavy atom. The molecule has 0 unspecified atom stereocenters. The molecule has 1 aromatic carbocycles. The minimum absolute atomic E-state index is 0.734. The van der Waals surface area contributed by atoms with Gasteiger partial charge in [-0.2, -0.15) is 10.2 Å². The van der Waals surface area contributed by atoms with E-state index in [0.29, 0.717) is 0 Å². The van der Waals surface area contributed by atoms with E-state index in [1.54, 1.807) is 0 Å². The Morgan fingerprint density at radius 3 is 3.10 bits per heavy atom. The molecule has 20 heavy (non-hydrogen) atoms. The van der Waals surface area contributed by atoms with Gasteiger partial charge in [0.05, 0.1) is 23.4 Å². The molecule has 0 saturated carbocycles. The third-order valence-corrected chi connectivity index (χ3v) is 3.46. The molecule has 0 amide bonds. The van der Waals surface area contributed by atoms with Crippen LogP contribution >= 0.6 is 0 Å². The maximum Gasteiger partial charge on any atom is 0.0711 e. The van der Waals surface area contributed by atoms with Crippen molar-refractivity contribution in [2.45, 2.75) is 6.54 Å². The van der Waals surface area contributed by atoms with Crippen LogP contribution in [0.3, 0.4) is 0 Å². The van der Waals surface area contributed by atoms with Crippen molar-refractivity contribution in [1.82, 2.24) is 19.8 Å². The smallest absolute Gasteiger partial charge is 0.0711 e. The van der Waals surface area contributed by atoms with Gasteiger partial charge in [-0.25, -0.2) is 4.52 Å². The Labute approximate surface area is 115 Å². The molecular weight excluding hydrogens is 250 g/mol. The first-order chi connectivity index (χ1) is 9.92. The number of H-pyrrole nitrogens is 1. The third-order valence-electron chi connectivity index (χ3n) is 3.46. The van der Waals surface area contributed by atoms with Gasteiger partial charge in [0.15, 0.2) is 0 Å². The molecule has 0 fully saturated rings. The zero-order valence-corrected chi connectivity index (χ0v) is 10.7. The van der Waals surface area contributed by atoms with Crippen molar-refractivity contribution in [1.29, 1.82) is 0 Å². The lowest BCUT2D eigenvalue weighted by atomic mass is 10.2. The summed E-state index contributed by atoms with van der Waals surface area (Å²) in [5, 5.41) is 15.9. The molecule has 0 atom stereocenters. The van der Waals surface area contributed by atoms with Crippen molar-refractivity contribution < 1.29 is 0 Å². The minimum Gasteiger partial charge on any atom is -0.380 e. The fraction of sp³-hybridized carbons (Fsp3) is 0.0667. The molecule has 0 radical (unpaired) electrons. The molecule has 0 saturated heterocycles. The number of nitrogens with zero attached hydrogens (tertiary/aromatic N) is 3. The third kappa shape index (κ3) is 1.72. The molecule has 0 aliphatic heterocycles. The van der Waals surface area contributed by atoms with Gasteiger partial charge in [0, 0.05) is 29.4 Å². The number of nitrogens with one attached hydrogen (secondary N) is 2. The zero-order valence-electron chi connectivity index (χ0n) is 10.7. The molecule has 0 bridgehead atoms. The van der Waals surface area contributed by atoms with Crippen LogP contribution in [0.5, 0.6) is 0 Å². The Kier molecular flexibility index (Phi) is 2.42. The van der Waals surface area contributed by atoms with Gasteiger partial charge in [0.25, 0.3) is 0 Å². The van der Waals surface area contributed by atoms with Crippen molar-refractivity contribution in [2.75, 3.05) is 5.32 Å². The van der Waals surface area contributed by atoms with Crippen LogP contribution < -0.4 is 5.32 Å². The van der Waals surface area contributed by atoms with Gasteiger partial charge in [0.2, 0.25) is 0 Å². The van der Waals surface area contributed by atoms with Crippen molar-refractivity contribution in [3.05, 3.63) is 60.6 Å². The maximum atomic E-state index is 4.34. The van der Waals surface area contributed by atoms with Crippen molar-refractivity contribution >= 4 is 22.1 Å². The molecule has 3 heterocycles. The molecule has 3 aromatic heterocycles. The largest absolute Gasteiger partial charge is 0.380 e. The van der Waals surface area contributed by atoms with E-state index in [0.717, 1.165) is 28.7 Å². The van der Waals surface area contributed by atoms with E-state index in [9.17, 15) is 0 Å². The number of rotatable bonds is 3. The lowest BCUT2D eigenvalue weighted by Crippen LogP contribution is -1.99. The summed E-state index contributed by atoms with van der Waals surface area (Å²) in [6.07, 6.45) is 5.70. The second-order valence-corrected chi connectivity index (χ2v) is 4.69. The van der Waals surface area contributed by atoms with Crippen LogP contribution in [0.4, 0.5) is 5.69 Å². The molecule has 5 heteroatoms. The highest BCUT2D eigenvalue weighted by atomic mass is 15.2. The quantitative estimate of drug-likeness (QED) is 0.597. The van der Waals surface area contributed by atoms with Gasteiger partial charge < -0.3 is 5.32 Å². The molecule has 98 valence electrons. The monoisotopic (exact) mass is 263 g/mol. The van der Waals surface area contributed by atoms with E-state index >= 15 is 0 Å². The normalized spacial score (nSPS) is 11.2. The number of fused-ring (bicyclic) bond motifs is 2. The lowest BCUT2D eigenvalue weighted by Gasteiger charge is -2.06. The van der Waals surface area contributed by atoms with Crippen LogP contribution in [0.1, 0.15) is 5.56 Å². The summed E-state index contributed by atoms with van der Waals surface area (Å²) < 4.78 is 1.88. The first-order valence-corrected chi connectivity index (χ1v) is 6.49. The summed E-state index contributed by atoms with van der Waals surface area (Å²) in [5.74, 6) is 0. The SMILES string of the molecule is c1cc(NCc2cnn3ccccc23)c2cn[nH]c2c1. The van der Waals surface area contributed by atoms with Crippen LogP contribution in [0.15, 0.2) is 55.0 Å². The second-order valence-electron chi connectivity index (χ2n) is 4.69.